The molecule has 4 heteroatoms. The van der Waals surface area contributed by atoms with Gasteiger partial charge in [0.05, 0.1) is 10.5 Å². The van der Waals surface area contributed by atoms with Crippen LogP contribution in [0, 0.1) is 5.92 Å². The number of allylic oxidation sites excluding steroid dienone is 1. The number of ketones is 1. The quantitative estimate of drug-likeness (QED) is 0.505. The molecular weight excluding hydrogens is 284 g/mol. The average Bonchev–Trinajstić information content (AvgIpc) is 2.41. The lowest BCUT2D eigenvalue weighted by atomic mass is 9.85. The van der Waals surface area contributed by atoms with Crippen molar-refractivity contribution in [3.63, 3.8) is 0 Å². The summed E-state index contributed by atoms with van der Waals surface area (Å²) in [5.74, 6) is 0.322. The van der Waals surface area contributed by atoms with Gasteiger partial charge in [0.2, 0.25) is 0 Å². The van der Waals surface area contributed by atoms with Crippen molar-refractivity contribution in [3.8, 4) is 0 Å². The monoisotopic (exact) mass is 312 g/mol. The maximum atomic E-state index is 12.3. The molecule has 2 aliphatic rings. The first-order valence-corrected chi connectivity index (χ1v) is 10.0. The molecule has 0 aromatic rings. The van der Waals surface area contributed by atoms with E-state index in [2.05, 4.69) is 6.58 Å². The number of Topliss-reactive ketones (excluding diaryl/α,β-unsaturated/α-hetero) is 1. The summed E-state index contributed by atoms with van der Waals surface area (Å²) >= 11 is 0. The standard InChI is InChI=1S/C17H28O3S/c1-2-3-4-5-6-7-11-17(18)14-12-15-9-8-10-16(13-14)21(15,19)20/h2,14-16H,1,3-13H2. The molecule has 2 unspecified atom stereocenters. The van der Waals surface area contributed by atoms with Crippen molar-refractivity contribution < 1.29 is 13.2 Å². The lowest BCUT2D eigenvalue weighted by molar-refractivity contribution is -0.123. The molecule has 3 nitrogen and oxygen atoms in total. The van der Waals surface area contributed by atoms with Crippen LogP contribution in [0.2, 0.25) is 0 Å². The van der Waals surface area contributed by atoms with Crippen LogP contribution >= 0.6 is 0 Å². The lowest BCUT2D eigenvalue weighted by Crippen LogP contribution is -2.45. The predicted molar refractivity (Wildman–Crippen MR) is 86.0 cm³/mol. The Morgan fingerprint density at radius 2 is 1.67 bits per heavy atom. The maximum Gasteiger partial charge on any atom is 0.156 e. The van der Waals surface area contributed by atoms with E-state index >= 15 is 0 Å². The number of carbonyl (C=O) groups is 1. The number of hydrogen-bond acceptors (Lipinski definition) is 3. The third kappa shape index (κ3) is 4.18. The summed E-state index contributed by atoms with van der Waals surface area (Å²) in [6.07, 6.45) is 11.7. The lowest BCUT2D eigenvalue weighted by Gasteiger charge is -2.38. The Kier molecular flexibility index (Phi) is 6.03. The van der Waals surface area contributed by atoms with Gasteiger partial charge in [-0.15, -0.1) is 6.58 Å². The minimum atomic E-state index is -2.93. The van der Waals surface area contributed by atoms with E-state index in [0.717, 1.165) is 51.4 Å². The van der Waals surface area contributed by atoms with Gasteiger partial charge in [-0.1, -0.05) is 25.3 Å². The van der Waals surface area contributed by atoms with Crippen molar-refractivity contribution in [2.45, 2.75) is 81.1 Å². The van der Waals surface area contributed by atoms with E-state index in [0.29, 0.717) is 25.0 Å². The minimum absolute atomic E-state index is 0.0111. The Hall–Kier alpha value is -0.640. The summed E-state index contributed by atoms with van der Waals surface area (Å²) in [6, 6.07) is 0. The Morgan fingerprint density at radius 1 is 1.05 bits per heavy atom. The van der Waals surface area contributed by atoms with Crippen molar-refractivity contribution in [3.05, 3.63) is 12.7 Å². The van der Waals surface area contributed by atoms with Gasteiger partial charge in [-0.3, -0.25) is 4.79 Å². The zero-order chi connectivity index (χ0) is 15.3. The molecule has 2 atom stereocenters. The number of rotatable bonds is 8. The number of hydrogen-bond donors (Lipinski definition) is 0. The van der Waals surface area contributed by atoms with E-state index in [-0.39, 0.29) is 16.4 Å². The van der Waals surface area contributed by atoms with Gasteiger partial charge < -0.3 is 0 Å². The van der Waals surface area contributed by atoms with Crippen LogP contribution in [0.1, 0.15) is 70.6 Å². The second-order valence-corrected chi connectivity index (χ2v) is 9.15. The van der Waals surface area contributed by atoms with Gasteiger partial charge >= 0.3 is 0 Å². The molecule has 2 rings (SSSR count). The Balaban J connectivity index is 1.75. The van der Waals surface area contributed by atoms with Crippen LogP contribution in [0.4, 0.5) is 0 Å². The summed E-state index contributed by atoms with van der Waals surface area (Å²) in [6.45, 7) is 3.70. The fraction of sp³-hybridized carbons (Fsp3) is 0.824. The molecular formula is C17H28O3S. The first-order chi connectivity index (χ1) is 10.1. The topological polar surface area (TPSA) is 51.2 Å². The summed E-state index contributed by atoms with van der Waals surface area (Å²) in [7, 11) is -2.93. The van der Waals surface area contributed by atoms with Gasteiger partial charge in [-0.05, 0) is 44.9 Å². The molecule has 21 heavy (non-hydrogen) atoms. The maximum absolute atomic E-state index is 12.3. The molecule has 0 aliphatic carbocycles. The van der Waals surface area contributed by atoms with E-state index in [4.69, 9.17) is 0 Å². The fourth-order valence-electron chi connectivity index (χ4n) is 3.82. The molecule has 0 amide bonds. The minimum Gasteiger partial charge on any atom is -0.299 e. The van der Waals surface area contributed by atoms with Gasteiger partial charge in [0.25, 0.3) is 0 Å². The highest BCUT2D eigenvalue weighted by Gasteiger charge is 2.45. The highest BCUT2D eigenvalue weighted by Crippen LogP contribution is 2.40. The van der Waals surface area contributed by atoms with Crippen molar-refractivity contribution in [1.82, 2.24) is 0 Å². The van der Waals surface area contributed by atoms with Gasteiger partial charge in [-0.2, -0.15) is 0 Å². The van der Waals surface area contributed by atoms with Crippen LogP contribution < -0.4 is 0 Å². The molecule has 2 heterocycles. The van der Waals surface area contributed by atoms with E-state index in [9.17, 15) is 13.2 Å². The van der Waals surface area contributed by atoms with Gasteiger partial charge in [0, 0.05) is 12.3 Å². The zero-order valence-electron chi connectivity index (χ0n) is 12.9. The van der Waals surface area contributed by atoms with E-state index < -0.39 is 9.84 Å². The van der Waals surface area contributed by atoms with Crippen LogP contribution in [0.3, 0.4) is 0 Å². The zero-order valence-corrected chi connectivity index (χ0v) is 13.7. The van der Waals surface area contributed by atoms with Crippen molar-refractivity contribution in [2.24, 2.45) is 5.92 Å². The van der Waals surface area contributed by atoms with Gasteiger partial charge in [0.1, 0.15) is 5.78 Å². The molecule has 0 spiro atoms. The molecule has 2 fully saturated rings. The Labute approximate surface area is 129 Å². The van der Waals surface area contributed by atoms with Gasteiger partial charge in [0.15, 0.2) is 9.84 Å². The molecule has 0 aromatic carbocycles. The Bertz CT molecular complexity index is 446. The number of carbonyl (C=O) groups excluding carboxylic acids is 1. The fourth-order valence-corrected chi connectivity index (χ4v) is 6.35. The van der Waals surface area contributed by atoms with Crippen LogP contribution in [0.15, 0.2) is 12.7 Å². The summed E-state index contributed by atoms with van der Waals surface area (Å²) in [5.41, 5.74) is 0. The third-order valence-corrected chi connectivity index (χ3v) is 7.83. The highest BCUT2D eigenvalue weighted by atomic mass is 32.2. The smallest absolute Gasteiger partial charge is 0.156 e. The van der Waals surface area contributed by atoms with Crippen molar-refractivity contribution in [1.29, 1.82) is 0 Å². The number of unbranched alkanes of at least 4 members (excludes halogenated alkanes) is 4. The summed E-state index contributed by atoms with van der Waals surface area (Å²) in [4.78, 5) is 12.3. The van der Waals surface area contributed by atoms with Crippen molar-refractivity contribution in [2.75, 3.05) is 0 Å². The molecule has 2 aliphatic heterocycles. The number of sulfone groups is 1. The highest BCUT2D eigenvalue weighted by molar-refractivity contribution is 7.92. The van der Waals surface area contributed by atoms with Crippen LogP contribution in [0.25, 0.3) is 0 Å². The van der Waals surface area contributed by atoms with Crippen LogP contribution in [0.5, 0.6) is 0 Å². The first-order valence-electron chi connectivity index (χ1n) is 8.42. The average molecular weight is 312 g/mol. The van der Waals surface area contributed by atoms with Crippen LogP contribution in [-0.4, -0.2) is 24.7 Å². The summed E-state index contributed by atoms with van der Waals surface area (Å²) < 4.78 is 24.4. The largest absolute Gasteiger partial charge is 0.299 e. The first kappa shape index (κ1) is 16.7. The van der Waals surface area contributed by atoms with Crippen molar-refractivity contribution >= 4 is 15.6 Å². The van der Waals surface area contributed by atoms with E-state index in [1.165, 1.54) is 0 Å². The van der Waals surface area contributed by atoms with Gasteiger partial charge in [-0.25, -0.2) is 8.42 Å². The molecule has 0 aromatic heterocycles. The predicted octanol–water partition coefficient (Wildman–Crippen LogP) is 3.83. The Morgan fingerprint density at radius 3 is 2.29 bits per heavy atom. The molecule has 2 bridgehead atoms. The molecule has 0 radical (unpaired) electrons. The number of fused-ring (bicyclic) bond motifs is 2. The normalized spacial score (nSPS) is 30.8. The molecule has 2 saturated heterocycles. The molecule has 120 valence electrons. The van der Waals surface area contributed by atoms with Crippen LogP contribution in [-0.2, 0) is 14.6 Å². The second-order valence-electron chi connectivity index (χ2n) is 6.64. The van der Waals surface area contributed by atoms with E-state index in [1.807, 2.05) is 6.08 Å². The third-order valence-electron chi connectivity index (χ3n) is 5.11. The molecule has 0 N–H and O–H groups in total. The molecule has 0 saturated carbocycles. The van der Waals surface area contributed by atoms with E-state index in [1.54, 1.807) is 0 Å². The second kappa shape index (κ2) is 7.57. The SMILES string of the molecule is C=CCCCCCCC(=O)C1CC2CCCC(C1)S2(=O)=O. The summed E-state index contributed by atoms with van der Waals surface area (Å²) in [5, 5.41) is -0.460.